The molecule has 2 unspecified atom stereocenters. The zero-order valence-electron chi connectivity index (χ0n) is 15.0. The maximum absolute atomic E-state index is 12.7. The highest BCUT2D eigenvalue weighted by Crippen LogP contribution is 2.27. The second kappa shape index (κ2) is 8.21. The molecule has 142 valence electrons. The first-order valence-corrected chi connectivity index (χ1v) is 9.94. The van der Waals surface area contributed by atoms with Crippen LogP contribution in [0.15, 0.2) is 18.2 Å². The zero-order chi connectivity index (χ0) is 17.9. The molecule has 1 amide bonds. The SMILES string of the molecule is O=C(c1cccc(Cl)n1)N1CCC2CN(C3CCOCC3)CCOC2C1. The van der Waals surface area contributed by atoms with Gasteiger partial charge in [-0.05, 0) is 31.4 Å². The summed E-state index contributed by atoms with van der Waals surface area (Å²) in [5.74, 6) is 0.428. The Hall–Kier alpha value is -1.21. The van der Waals surface area contributed by atoms with Crippen molar-refractivity contribution in [1.29, 1.82) is 0 Å². The number of carbonyl (C=O) groups is 1. The molecule has 1 aromatic rings. The van der Waals surface area contributed by atoms with Gasteiger partial charge in [0.25, 0.3) is 5.91 Å². The lowest BCUT2D eigenvalue weighted by molar-refractivity contribution is -0.0175. The minimum Gasteiger partial charge on any atom is -0.381 e. The van der Waals surface area contributed by atoms with E-state index in [9.17, 15) is 4.79 Å². The molecule has 6 nitrogen and oxygen atoms in total. The van der Waals surface area contributed by atoms with Crippen LogP contribution in [0.2, 0.25) is 5.15 Å². The molecule has 0 spiro atoms. The molecule has 4 rings (SSSR count). The van der Waals surface area contributed by atoms with Crippen LogP contribution in [0.1, 0.15) is 29.8 Å². The average Bonchev–Trinajstić information content (AvgIpc) is 2.90. The number of piperidine rings is 1. The lowest BCUT2D eigenvalue weighted by Crippen LogP contribution is -2.50. The van der Waals surface area contributed by atoms with Crippen molar-refractivity contribution < 1.29 is 14.3 Å². The van der Waals surface area contributed by atoms with Crippen LogP contribution in [-0.4, -0.2) is 78.8 Å². The molecule has 26 heavy (non-hydrogen) atoms. The molecule has 0 N–H and O–H groups in total. The van der Waals surface area contributed by atoms with E-state index in [-0.39, 0.29) is 12.0 Å². The number of halogens is 1. The third-order valence-corrected chi connectivity index (χ3v) is 6.01. The van der Waals surface area contributed by atoms with Crippen molar-refractivity contribution >= 4 is 17.5 Å². The summed E-state index contributed by atoms with van der Waals surface area (Å²) in [6.45, 7) is 5.89. The van der Waals surface area contributed by atoms with Crippen molar-refractivity contribution in [2.24, 2.45) is 5.92 Å². The standard InChI is InChI=1S/C19H26ClN3O3/c20-18-3-1-2-16(21-18)19(24)23-7-4-14-12-22(8-11-26-17(14)13-23)15-5-9-25-10-6-15/h1-3,14-15,17H,4-13H2. The van der Waals surface area contributed by atoms with Gasteiger partial charge in [-0.1, -0.05) is 17.7 Å². The van der Waals surface area contributed by atoms with Gasteiger partial charge in [-0.15, -0.1) is 0 Å². The smallest absolute Gasteiger partial charge is 0.272 e. The van der Waals surface area contributed by atoms with Gasteiger partial charge in [0.1, 0.15) is 10.8 Å². The fourth-order valence-electron chi connectivity index (χ4n) is 4.33. The molecule has 0 aromatic carbocycles. The molecule has 7 heteroatoms. The van der Waals surface area contributed by atoms with Crippen LogP contribution in [0, 0.1) is 5.92 Å². The highest BCUT2D eigenvalue weighted by Gasteiger charge is 2.37. The van der Waals surface area contributed by atoms with Crippen LogP contribution in [0.4, 0.5) is 0 Å². The van der Waals surface area contributed by atoms with Crippen molar-refractivity contribution in [3.8, 4) is 0 Å². The summed E-state index contributed by atoms with van der Waals surface area (Å²) in [7, 11) is 0. The summed E-state index contributed by atoms with van der Waals surface area (Å²) in [5, 5.41) is 0.351. The van der Waals surface area contributed by atoms with Gasteiger partial charge < -0.3 is 14.4 Å². The fraction of sp³-hybridized carbons (Fsp3) is 0.684. The number of hydrogen-bond acceptors (Lipinski definition) is 5. The molecule has 3 aliphatic heterocycles. The number of nitrogens with zero attached hydrogens (tertiary/aromatic N) is 3. The molecule has 3 fully saturated rings. The Balaban J connectivity index is 1.39. The average molecular weight is 380 g/mol. The number of amides is 1. The van der Waals surface area contributed by atoms with Gasteiger partial charge in [-0.2, -0.15) is 0 Å². The Kier molecular flexibility index (Phi) is 5.74. The van der Waals surface area contributed by atoms with Crippen LogP contribution >= 0.6 is 11.6 Å². The highest BCUT2D eigenvalue weighted by atomic mass is 35.5. The summed E-state index contributed by atoms with van der Waals surface area (Å²) in [6.07, 6.45) is 3.30. The van der Waals surface area contributed by atoms with E-state index in [1.807, 2.05) is 4.90 Å². The minimum absolute atomic E-state index is 0.0555. The quantitative estimate of drug-likeness (QED) is 0.736. The molecule has 3 aliphatic rings. The first-order chi connectivity index (χ1) is 12.7. The van der Waals surface area contributed by atoms with Crippen molar-refractivity contribution in [2.75, 3.05) is 46.0 Å². The summed E-state index contributed by atoms with van der Waals surface area (Å²) >= 11 is 5.93. The van der Waals surface area contributed by atoms with Gasteiger partial charge >= 0.3 is 0 Å². The maximum Gasteiger partial charge on any atom is 0.272 e. The molecule has 0 aliphatic carbocycles. The van der Waals surface area contributed by atoms with E-state index < -0.39 is 0 Å². The number of fused-ring (bicyclic) bond motifs is 1. The molecular weight excluding hydrogens is 354 g/mol. The van der Waals surface area contributed by atoms with Crippen molar-refractivity contribution in [3.63, 3.8) is 0 Å². The Morgan fingerprint density at radius 2 is 1.96 bits per heavy atom. The Morgan fingerprint density at radius 1 is 1.12 bits per heavy atom. The molecule has 4 heterocycles. The van der Waals surface area contributed by atoms with Gasteiger partial charge in [0.05, 0.1) is 12.7 Å². The van der Waals surface area contributed by atoms with Crippen LogP contribution in [0.3, 0.4) is 0 Å². The highest BCUT2D eigenvalue weighted by molar-refractivity contribution is 6.29. The number of pyridine rings is 1. The summed E-state index contributed by atoms with van der Waals surface area (Å²) in [5.41, 5.74) is 0.411. The number of carbonyl (C=O) groups excluding carboxylic acids is 1. The number of likely N-dealkylation sites (tertiary alicyclic amines) is 1. The predicted molar refractivity (Wildman–Crippen MR) is 98.4 cm³/mol. The Morgan fingerprint density at radius 3 is 2.77 bits per heavy atom. The maximum atomic E-state index is 12.7. The number of ether oxygens (including phenoxy) is 2. The lowest BCUT2D eigenvalue weighted by atomic mass is 9.92. The molecule has 3 saturated heterocycles. The van der Waals surface area contributed by atoms with Crippen LogP contribution < -0.4 is 0 Å². The first kappa shape index (κ1) is 18.2. The second-order valence-electron chi connectivity index (χ2n) is 7.39. The normalized spacial score (nSPS) is 28.4. The first-order valence-electron chi connectivity index (χ1n) is 9.56. The largest absolute Gasteiger partial charge is 0.381 e. The van der Waals surface area contributed by atoms with Gasteiger partial charge in [0, 0.05) is 51.4 Å². The fourth-order valence-corrected chi connectivity index (χ4v) is 4.50. The molecule has 2 atom stereocenters. The number of rotatable bonds is 2. The third kappa shape index (κ3) is 4.03. The second-order valence-corrected chi connectivity index (χ2v) is 7.78. The number of hydrogen-bond donors (Lipinski definition) is 0. The van der Waals surface area contributed by atoms with Gasteiger partial charge in [-0.3, -0.25) is 9.69 Å². The van der Waals surface area contributed by atoms with Crippen LogP contribution in [0.25, 0.3) is 0 Å². The van der Waals surface area contributed by atoms with E-state index in [1.54, 1.807) is 18.2 Å². The Labute approximate surface area is 159 Å². The van der Waals surface area contributed by atoms with Crippen LogP contribution in [0.5, 0.6) is 0 Å². The van der Waals surface area contributed by atoms with E-state index >= 15 is 0 Å². The lowest BCUT2D eigenvalue weighted by Gasteiger charge is -2.39. The van der Waals surface area contributed by atoms with Crippen molar-refractivity contribution in [2.45, 2.75) is 31.4 Å². The predicted octanol–water partition coefficient (Wildman–Crippen LogP) is 2.08. The van der Waals surface area contributed by atoms with E-state index in [0.717, 1.165) is 58.7 Å². The van der Waals surface area contributed by atoms with E-state index in [4.69, 9.17) is 21.1 Å². The van der Waals surface area contributed by atoms with Gasteiger partial charge in [0.2, 0.25) is 0 Å². The summed E-state index contributed by atoms with van der Waals surface area (Å²) < 4.78 is 11.7. The molecule has 0 bridgehead atoms. The van der Waals surface area contributed by atoms with Crippen molar-refractivity contribution in [1.82, 2.24) is 14.8 Å². The summed E-state index contributed by atoms with van der Waals surface area (Å²) in [6, 6.07) is 5.79. The van der Waals surface area contributed by atoms with Gasteiger partial charge in [0.15, 0.2) is 0 Å². The topological polar surface area (TPSA) is 54.9 Å². The monoisotopic (exact) mass is 379 g/mol. The third-order valence-electron chi connectivity index (χ3n) is 5.80. The van der Waals surface area contributed by atoms with E-state index in [1.165, 1.54) is 0 Å². The molecule has 0 saturated carbocycles. The van der Waals surface area contributed by atoms with Gasteiger partial charge in [-0.25, -0.2) is 4.98 Å². The minimum atomic E-state index is -0.0555. The van der Waals surface area contributed by atoms with E-state index in [0.29, 0.717) is 29.4 Å². The number of aromatic nitrogens is 1. The Bertz CT molecular complexity index is 638. The summed E-state index contributed by atoms with van der Waals surface area (Å²) in [4.78, 5) is 21.4. The zero-order valence-corrected chi connectivity index (χ0v) is 15.7. The molecule has 0 radical (unpaired) electrons. The molecule has 1 aromatic heterocycles. The van der Waals surface area contributed by atoms with Crippen molar-refractivity contribution in [3.05, 3.63) is 29.0 Å². The van der Waals surface area contributed by atoms with Crippen LogP contribution in [-0.2, 0) is 9.47 Å². The van der Waals surface area contributed by atoms with E-state index in [2.05, 4.69) is 9.88 Å². The molecular formula is C19H26ClN3O3.